The van der Waals surface area contributed by atoms with E-state index in [4.69, 9.17) is 14.2 Å². The molecular formula is C28H30FN5O4S. The smallest absolute Gasteiger partial charge is 0.261 e. The maximum Gasteiger partial charge on any atom is 0.261 e. The number of rotatable bonds is 6. The van der Waals surface area contributed by atoms with E-state index < -0.39 is 5.82 Å². The number of anilines is 1. The van der Waals surface area contributed by atoms with Crippen LogP contribution in [0.3, 0.4) is 0 Å². The highest BCUT2D eigenvalue weighted by Gasteiger charge is 2.42. The normalized spacial score (nSPS) is 21.2. The van der Waals surface area contributed by atoms with Crippen molar-refractivity contribution in [3.05, 3.63) is 58.4 Å². The molecule has 2 N–H and O–H groups in total. The molecule has 6 rings (SSSR count). The molecule has 3 fully saturated rings. The van der Waals surface area contributed by atoms with Crippen LogP contribution in [0.2, 0.25) is 0 Å². The quantitative estimate of drug-likeness (QED) is 0.427. The Balaban J connectivity index is 1.25. The van der Waals surface area contributed by atoms with E-state index in [0.29, 0.717) is 41.7 Å². The molecule has 3 saturated heterocycles. The third kappa shape index (κ3) is 5.34. The lowest BCUT2D eigenvalue weighted by molar-refractivity contribution is -0.0196. The van der Waals surface area contributed by atoms with Gasteiger partial charge in [-0.1, -0.05) is 0 Å². The summed E-state index contributed by atoms with van der Waals surface area (Å²) in [7, 11) is 0. The van der Waals surface area contributed by atoms with Crippen LogP contribution in [0, 0.1) is 17.1 Å². The Labute approximate surface area is 229 Å². The van der Waals surface area contributed by atoms with Gasteiger partial charge >= 0.3 is 0 Å². The molecule has 3 aromatic rings. The van der Waals surface area contributed by atoms with Crippen molar-refractivity contribution in [3.63, 3.8) is 0 Å². The SMILES string of the molecule is N#Cc1c(NSC2CCOCC2)ccc(F)c1Oc1ccc2ncn(C3COC4(CCNCC4)C3)c(=O)c2c1. The van der Waals surface area contributed by atoms with Crippen LogP contribution < -0.4 is 20.3 Å². The van der Waals surface area contributed by atoms with Gasteiger partial charge in [0.15, 0.2) is 11.6 Å². The Bertz CT molecular complexity index is 1460. The molecule has 0 radical (unpaired) electrons. The molecule has 1 spiro atoms. The Kier molecular flexibility index (Phi) is 7.44. The van der Waals surface area contributed by atoms with Crippen molar-refractivity contribution in [3.8, 4) is 17.6 Å². The molecule has 0 amide bonds. The minimum absolute atomic E-state index is 0.0635. The average molecular weight is 552 g/mol. The van der Waals surface area contributed by atoms with E-state index >= 15 is 0 Å². The van der Waals surface area contributed by atoms with E-state index in [1.54, 1.807) is 29.1 Å². The van der Waals surface area contributed by atoms with Gasteiger partial charge in [-0.15, -0.1) is 0 Å². The molecule has 9 nitrogen and oxygen atoms in total. The van der Waals surface area contributed by atoms with Crippen LogP contribution in [-0.2, 0) is 9.47 Å². The minimum Gasteiger partial charge on any atom is -0.453 e. The lowest BCUT2D eigenvalue weighted by atomic mass is 9.88. The largest absolute Gasteiger partial charge is 0.453 e. The van der Waals surface area contributed by atoms with Crippen molar-refractivity contribution in [2.75, 3.05) is 37.6 Å². The lowest BCUT2D eigenvalue weighted by Crippen LogP contribution is -2.41. The molecule has 1 atom stereocenters. The first kappa shape index (κ1) is 26.1. The summed E-state index contributed by atoms with van der Waals surface area (Å²) in [5.74, 6) is -0.593. The zero-order valence-electron chi connectivity index (χ0n) is 21.5. The first-order valence-electron chi connectivity index (χ1n) is 13.3. The number of nitrogens with zero attached hydrogens (tertiary/aromatic N) is 3. The van der Waals surface area contributed by atoms with Crippen molar-refractivity contribution in [2.45, 2.75) is 49.0 Å². The van der Waals surface area contributed by atoms with Crippen LogP contribution in [0.15, 0.2) is 41.5 Å². The first-order valence-corrected chi connectivity index (χ1v) is 14.2. The third-order valence-electron chi connectivity index (χ3n) is 7.80. The number of nitriles is 1. The summed E-state index contributed by atoms with van der Waals surface area (Å²) >= 11 is 1.50. The Morgan fingerprint density at radius 2 is 2.05 bits per heavy atom. The second kappa shape index (κ2) is 11.1. The monoisotopic (exact) mass is 551 g/mol. The molecule has 0 saturated carbocycles. The third-order valence-corrected chi connectivity index (χ3v) is 8.94. The summed E-state index contributed by atoms with van der Waals surface area (Å²) in [6.07, 6.45) is 5.99. The van der Waals surface area contributed by atoms with E-state index in [1.807, 2.05) is 0 Å². The first-order chi connectivity index (χ1) is 19.0. The van der Waals surface area contributed by atoms with Gasteiger partial charge in [0.2, 0.25) is 0 Å². The van der Waals surface area contributed by atoms with Crippen molar-refractivity contribution >= 4 is 28.5 Å². The fourth-order valence-corrected chi connectivity index (χ4v) is 6.47. The summed E-state index contributed by atoms with van der Waals surface area (Å²) in [6.45, 7) is 3.68. The van der Waals surface area contributed by atoms with Crippen LogP contribution in [-0.4, -0.2) is 53.3 Å². The summed E-state index contributed by atoms with van der Waals surface area (Å²) in [5.41, 5.74) is 0.664. The van der Waals surface area contributed by atoms with Crippen LogP contribution in [0.25, 0.3) is 10.9 Å². The molecule has 4 heterocycles. The average Bonchev–Trinajstić information content (AvgIpc) is 3.37. The number of aromatic nitrogens is 2. The maximum atomic E-state index is 14.9. The molecule has 0 aliphatic carbocycles. The van der Waals surface area contributed by atoms with Crippen molar-refractivity contribution in [1.82, 2.24) is 14.9 Å². The van der Waals surface area contributed by atoms with Gasteiger partial charge < -0.3 is 24.2 Å². The van der Waals surface area contributed by atoms with Gasteiger partial charge in [0.25, 0.3) is 5.56 Å². The predicted octanol–water partition coefficient (Wildman–Crippen LogP) is 4.52. The van der Waals surface area contributed by atoms with Crippen molar-refractivity contribution in [2.24, 2.45) is 0 Å². The Hall–Kier alpha value is -3.17. The summed E-state index contributed by atoms with van der Waals surface area (Å²) in [4.78, 5) is 18.0. The topological polar surface area (TPSA) is 110 Å². The van der Waals surface area contributed by atoms with Crippen molar-refractivity contribution < 1.29 is 18.6 Å². The number of nitrogens with one attached hydrogen (secondary N) is 2. The molecule has 1 aromatic heterocycles. The molecule has 0 bridgehead atoms. The molecule has 3 aliphatic rings. The summed E-state index contributed by atoms with van der Waals surface area (Å²) < 4.78 is 37.2. The van der Waals surface area contributed by atoms with E-state index in [0.717, 1.165) is 45.2 Å². The number of piperidine rings is 1. The molecule has 11 heteroatoms. The maximum absolute atomic E-state index is 14.9. The minimum atomic E-state index is -0.660. The number of benzene rings is 2. The standard InChI is InChI=1S/C28H30FN5O4S/c29-23-2-4-25(33-39-20-5-11-36-12-6-20)22(15-30)26(23)38-19-1-3-24-21(13-19)27(35)34(17-32-24)18-14-28(37-16-18)7-9-31-10-8-28/h1-4,13,17-18,20,31,33H,5-12,14,16H2. The fraction of sp³-hybridized carbons (Fsp3) is 0.464. The highest BCUT2D eigenvalue weighted by Crippen LogP contribution is 2.39. The predicted molar refractivity (Wildman–Crippen MR) is 147 cm³/mol. The van der Waals surface area contributed by atoms with E-state index in [1.165, 1.54) is 24.1 Å². The van der Waals surface area contributed by atoms with Crippen LogP contribution in [0.4, 0.5) is 10.1 Å². The molecule has 2 aromatic carbocycles. The van der Waals surface area contributed by atoms with E-state index in [-0.39, 0.29) is 34.3 Å². The Morgan fingerprint density at radius 3 is 2.85 bits per heavy atom. The highest BCUT2D eigenvalue weighted by atomic mass is 32.2. The lowest BCUT2D eigenvalue weighted by Gasteiger charge is -2.32. The van der Waals surface area contributed by atoms with Gasteiger partial charge in [0, 0.05) is 18.5 Å². The van der Waals surface area contributed by atoms with Gasteiger partial charge in [0.05, 0.1) is 41.2 Å². The number of ether oxygens (including phenoxy) is 3. The van der Waals surface area contributed by atoms with E-state index in [2.05, 4.69) is 21.1 Å². The summed E-state index contributed by atoms with van der Waals surface area (Å²) in [6, 6.07) is 9.64. The molecular weight excluding hydrogens is 521 g/mol. The second-order valence-corrected chi connectivity index (χ2v) is 11.4. The summed E-state index contributed by atoms with van der Waals surface area (Å²) in [5, 5.41) is 13.9. The number of hydrogen-bond acceptors (Lipinski definition) is 9. The van der Waals surface area contributed by atoms with Crippen molar-refractivity contribution in [1.29, 1.82) is 5.26 Å². The number of halogens is 1. The second-order valence-electron chi connectivity index (χ2n) is 10.3. The zero-order chi connectivity index (χ0) is 26.8. The highest BCUT2D eigenvalue weighted by molar-refractivity contribution is 8.01. The van der Waals surface area contributed by atoms with E-state index in [9.17, 15) is 14.4 Å². The zero-order valence-corrected chi connectivity index (χ0v) is 22.3. The fourth-order valence-electron chi connectivity index (χ4n) is 5.58. The van der Waals surface area contributed by atoms with Crippen LogP contribution in [0.5, 0.6) is 11.5 Å². The van der Waals surface area contributed by atoms with Crippen LogP contribution >= 0.6 is 11.9 Å². The number of hydrogen-bond donors (Lipinski definition) is 2. The van der Waals surface area contributed by atoms with Gasteiger partial charge in [0.1, 0.15) is 17.4 Å². The molecule has 39 heavy (non-hydrogen) atoms. The van der Waals surface area contributed by atoms with Gasteiger partial charge in [-0.25, -0.2) is 9.37 Å². The number of fused-ring (bicyclic) bond motifs is 1. The Morgan fingerprint density at radius 1 is 1.23 bits per heavy atom. The van der Waals surface area contributed by atoms with Gasteiger partial charge in [-0.3, -0.25) is 9.36 Å². The molecule has 3 aliphatic heterocycles. The van der Waals surface area contributed by atoms with Gasteiger partial charge in [-0.2, -0.15) is 5.26 Å². The van der Waals surface area contributed by atoms with Gasteiger partial charge in [-0.05, 0) is 87.5 Å². The molecule has 1 unspecified atom stereocenters. The van der Waals surface area contributed by atoms with Crippen LogP contribution in [0.1, 0.15) is 43.7 Å². The molecule has 204 valence electrons.